The number of nitrogens with one attached hydrogen (secondary N) is 1. The lowest BCUT2D eigenvalue weighted by Gasteiger charge is -2.34. The lowest BCUT2D eigenvalue weighted by molar-refractivity contribution is -0.129. The molecule has 0 aliphatic carbocycles. The van der Waals surface area contributed by atoms with Crippen molar-refractivity contribution in [2.75, 3.05) is 49.6 Å². The van der Waals surface area contributed by atoms with Crippen LogP contribution < -0.4 is 10.1 Å². The molecule has 0 atom stereocenters. The van der Waals surface area contributed by atoms with Gasteiger partial charge in [0, 0.05) is 31.9 Å². The van der Waals surface area contributed by atoms with Crippen molar-refractivity contribution in [3.05, 3.63) is 54.3 Å². The van der Waals surface area contributed by atoms with Gasteiger partial charge in [-0.1, -0.05) is 0 Å². The number of amides is 2. The number of carbonyl (C=O) groups excluding carboxylic acids is 2. The fraction of sp³-hybridized carbons (Fsp3) is 0.364. The molecule has 0 bridgehead atoms. The molecule has 0 aromatic heterocycles. The summed E-state index contributed by atoms with van der Waals surface area (Å²) >= 11 is 1.17. The molecule has 1 fully saturated rings. The Morgan fingerprint density at radius 1 is 1.00 bits per heavy atom. The number of piperazine rings is 1. The highest BCUT2D eigenvalue weighted by molar-refractivity contribution is 8.00. The maximum atomic E-state index is 12.9. The number of hydrogen-bond acceptors (Lipinski definition) is 6. The second kappa shape index (κ2) is 11.5. The van der Waals surface area contributed by atoms with E-state index in [1.165, 1.54) is 52.5 Å². The van der Waals surface area contributed by atoms with Crippen molar-refractivity contribution >= 4 is 39.3 Å². The van der Waals surface area contributed by atoms with E-state index in [-0.39, 0.29) is 60.2 Å². The Labute approximate surface area is 197 Å². The number of ether oxygens (including phenoxy) is 1. The maximum absolute atomic E-state index is 12.9. The molecule has 1 N–H and O–H groups in total. The zero-order chi connectivity index (χ0) is 23.8. The van der Waals surface area contributed by atoms with Crippen LogP contribution in [0.4, 0.5) is 10.1 Å². The van der Waals surface area contributed by atoms with E-state index in [0.29, 0.717) is 18.0 Å². The molecule has 178 valence electrons. The van der Waals surface area contributed by atoms with E-state index in [0.717, 1.165) is 0 Å². The average molecular weight is 496 g/mol. The number of carbonyl (C=O) groups is 2. The maximum Gasteiger partial charge on any atom is 0.243 e. The van der Waals surface area contributed by atoms with Gasteiger partial charge in [0.25, 0.3) is 0 Å². The van der Waals surface area contributed by atoms with Gasteiger partial charge in [-0.2, -0.15) is 4.31 Å². The molecule has 0 radical (unpaired) electrons. The topological polar surface area (TPSA) is 96.0 Å². The number of nitrogens with zero attached hydrogens (tertiary/aromatic N) is 2. The van der Waals surface area contributed by atoms with Crippen molar-refractivity contribution in [3.63, 3.8) is 0 Å². The van der Waals surface area contributed by atoms with E-state index in [4.69, 9.17) is 4.74 Å². The monoisotopic (exact) mass is 495 g/mol. The van der Waals surface area contributed by atoms with Gasteiger partial charge in [-0.15, -0.1) is 11.8 Å². The number of halogens is 1. The molecule has 1 saturated heterocycles. The summed E-state index contributed by atoms with van der Waals surface area (Å²) < 4.78 is 45.3. The summed E-state index contributed by atoms with van der Waals surface area (Å²) in [7, 11) is -3.65. The third-order valence-corrected chi connectivity index (χ3v) is 7.78. The minimum atomic E-state index is -3.65. The van der Waals surface area contributed by atoms with Crippen LogP contribution >= 0.6 is 11.8 Å². The second-order valence-corrected chi connectivity index (χ2v) is 10.2. The molecule has 3 rings (SSSR count). The van der Waals surface area contributed by atoms with E-state index in [2.05, 4.69) is 5.32 Å². The summed E-state index contributed by atoms with van der Waals surface area (Å²) in [6, 6.07) is 11.7. The molecule has 2 aromatic carbocycles. The Kier molecular flexibility index (Phi) is 8.70. The molecule has 2 aromatic rings. The molecule has 0 saturated carbocycles. The summed E-state index contributed by atoms with van der Waals surface area (Å²) in [5.41, 5.74) is 0.484. The van der Waals surface area contributed by atoms with Crippen LogP contribution in [0.3, 0.4) is 0 Å². The molecule has 0 unspecified atom stereocenters. The van der Waals surface area contributed by atoms with Crippen LogP contribution in [0.1, 0.15) is 6.92 Å². The summed E-state index contributed by atoms with van der Waals surface area (Å²) in [5.74, 6) is -0.0213. The van der Waals surface area contributed by atoms with Crippen molar-refractivity contribution in [1.82, 2.24) is 9.21 Å². The first-order valence-corrected chi connectivity index (χ1v) is 13.0. The molecule has 1 aliphatic heterocycles. The van der Waals surface area contributed by atoms with Gasteiger partial charge in [0.15, 0.2) is 0 Å². The van der Waals surface area contributed by atoms with Crippen LogP contribution in [-0.4, -0.2) is 73.7 Å². The first-order valence-electron chi connectivity index (χ1n) is 10.4. The normalized spacial score (nSPS) is 14.7. The Hall–Kier alpha value is -2.63. The van der Waals surface area contributed by atoms with Crippen LogP contribution in [0.5, 0.6) is 5.75 Å². The van der Waals surface area contributed by atoms with Crippen LogP contribution in [0.25, 0.3) is 0 Å². The molecule has 2 amide bonds. The Balaban J connectivity index is 1.42. The fourth-order valence-electron chi connectivity index (χ4n) is 3.25. The number of sulfonamides is 1. The van der Waals surface area contributed by atoms with Crippen LogP contribution in [0.2, 0.25) is 0 Å². The van der Waals surface area contributed by atoms with Crippen LogP contribution in [0, 0.1) is 5.82 Å². The third-order valence-electron chi connectivity index (χ3n) is 4.95. The van der Waals surface area contributed by atoms with Gasteiger partial charge >= 0.3 is 0 Å². The Morgan fingerprint density at radius 2 is 1.64 bits per heavy atom. The third kappa shape index (κ3) is 6.92. The van der Waals surface area contributed by atoms with E-state index in [9.17, 15) is 22.4 Å². The van der Waals surface area contributed by atoms with Crippen LogP contribution in [-0.2, 0) is 19.6 Å². The molecular formula is C22H26FN3O5S2. The molecule has 8 nitrogen and oxygen atoms in total. The molecule has 33 heavy (non-hydrogen) atoms. The summed E-state index contributed by atoms with van der Waals surface area (Å²) in [4.78, 5) is 26.2. The van der Waals surface area contributed by atoms with Gasteiger partial charge in [-0.3, -0.25) is 9.59 Å². The van der Waals surface area contributed by atoms with Gasteiger partial charge in [0.05, 0.1) is 23.0 Å². The number of benzene rings is 2. The van der Waals surface area contributed by atoms with Gasteiger partial charge in [-0.25, -0.2) is 12.8 Å². The van der Waals surface area contributed by atoms with E-state index in [1.54, 1.807) is 17.0 Å². The highest BCUT2D eigenvalue weighted by atomic mass is 32.2. The average Bonchev–Trinajstić information content (AvgIpc) is 2.81. The predicted molar refractivity (Wildman–Crippen MR) is 125 cm³/mol. The van der Waals surface area contributed by atoms with Crippen molar-refractivity contribution in [2.45, 2.75) is 11.8 Å². The Morgan fingerprint density at radius 3 is 2.24 bits per heavy atom. The van der Waals surface area contributed by atoms with E-state index >= 15 is 0 Å². The van der Waals surface area contributed by atoms with Gasteiger partial charge in [-0.05, 0) is 55.5 Å². The second-order valence-electron chi connectivity index (χ2n) is 7.24. The van der Waals surface area contributed by atoms with Crippen molar-refractivity contribution in [3.8, 4) is 5.75 Å². The van der Waals surface area contributed by atoms with E-state index in [1.807, 2.05) is 6.92 Å². The molecule has 11 heteroatoms. The Bertz CT molecular complexity index is 1050. The first kappa shape index (κ1) is 25.0. The number of rotatable bonds is 9. The predicted octanol–water partition coefficient (Wildman–Crippen LogP) is 2.43. The lowest BCUT2D eigenvalue weighted by Crippen LogP contribution is -2.51. The van der Waals surface area contributed by atoms with Crippen LogP contribution in [0.15, 0.2) is 53.4 Å². The SMILES string of the molecule is CCOc1ccc(S(=O)(=O)N2CCN(C(=O)CSCC(=O)Nc3ccc(F)cc3)CC2)cc1. The summed E-state index contributed by atoms with van der Waals surface area (Å²) in [5, 5.41) is 2.64. The lowest BCUT2D eigenvalue weighted by atomic mass is 10.3. The highest BCUT2D eigenvalue weighted by Crippen LogP contribution is 2.21. The zero-order valence-electron chi connectivity index (χ0n) is 18.2. The van der Waals surface area contributed by atoms with E-state index < -0.39 is 10.0 Å². The summed E-state index contributed by atoms with van der Waals surface area (Å²) in [6.45, 7) is 3.34. The number of thioether (sulfide) groups is 1. The minimum absolute atomic E-state index is 0.0786. The number of anilines is 1. The first-order chi connectivity index (χ1) is 15.8. The molecule has 1 heterocycles. The molecular weight excluding hydrogens is 469 g/mol. The van der Waals surface area contributed by atoms with Crippen molar-refractivity contribution < 1.29 is 27.1 Å². The number of hydrogen-bond donors (Lipinski definition) is 1. The molecule has 0 spiro atoms. The van der Waals surface area contributed by atoms with Crippen molar-refractivity contribution in [1.29, 1.82) is 0 Å². The highest BCUT2D eigenvalue weighted by Gasteiger charge is 2.30. The summed E-state index contributed by atoms with van der Waals surface area (Å²) in [6.07, 6.45) is 0. The largest absolute Gasteiger partial charge is 0.494 e. The standard InChI is InChI=1S/C22H26FN3O5S2/c1-2-31-19-7-9-20(10-8-19)33(29,30)26-13-11-25(12-14-26)22(28)16-32-15-21(27)24-18-5-3-17(23)4-6-18/h3-10H,2,11-16H2,1H3,(H,24,27). The quantitative estimate of drug-likeness (QED) is 0.574. The van der Waals surface area contributed by atoms with Gasteiger partial charge in [0.1, 0.15) is 11.6 Å². The minimum Gasteiger partial charge on any atom is -0.494 e. The van der Waals surface area contributed by atoms with Gasteiger partial charge < -0.3 is 15.0 Å². The van der Waals surface area contributed by atoms with Gasteiger partial charge in [0.2, 0.25) is 21.8 Å². The van der Waals surface area contributed by atoms with Crippen molar-refractivity contribution in [2.24, 2.45) is 0 Å². The fourth-order valence-corrected chi connectivity index (χ4v) is 5.39. The zero-order valence-corrected chi connectivity index (χ0v) is 19.8. The molecule has 1 aliphatic rings. The smallest absolute Gasteiger partial charge is 0.243 e.